The molecule has 1 heterocycles. The van der Waals surface area contributed by atoms with Crippen molar-refractivity contribution >= 4 is 38.3 Å². The monoisotopic (exact) mass is 337 g/mol. The van der Waals surface area contributed by atoms with Crippen LogP contribution < -0.4 is 9.46 Å². The summed E-state index contributed by atoms with van der Waals surface area (Å²) in [6, 6.07) is 13.2. The van der Waals surface area contributed by atoms with Crippen LogP contribution in [0.2, 0.25) is 5.02 Å². The molecule has 22 heavy (non-hydrogen) atoms. The van der Waals surface area contributed by atoms with Crippen LogP contribution in [0.15, 0.2) is 58.0 Å². The maximum absolute atomic E-state index is 12.4. The Morgan fingerprint density at radius 3 is 2.64 bits per heavy atom. The van der Waals surface area contributed by atoms with E-state index in [1.807, 2.05) is 6.07 Å². The molecule has 0 aliphatic heterocycles. The molecule has 2 aromatic carbocycles. The Labute approximate surface area is 132 Å². The summed E-state index contributed by atoms with van der Waals surface area (Å²) in [6.45, 7) is 0. The normalized spacial score (nSPS) is 11.5. The number of nitrogens with one attached hydrogen (secondary N) is 1. The Hall–Kier alpha value is -2.18. The number of ether oxygens (including phenoxy) is 1. The standard InChI is InChI=1S/C15H12ClNO4S/c1-20-14-7-6-11(16)9-12(14)17-22(18,19)15-8-10-4-2-3-5-13(10)21-15/h2-9,17H,1H3. The second kappa shape index (κ2) is 5.55. The number of para-hydroxylation sites is 1. The average molecular weight is 338 g/mol. The Morgan fingerprint density at radius 2 is 1.91 bits per heavy atom. The Morgan fingerprint density at radius 1 is 1.14 bits per heavy atom. The van der Waals surface area contributed by atoms with Crippen molar-refractivity contribution in [2.75, 3.05) is 11.8 Å². The van der Waals surface area contributed by atoms with Crippen molar-refractivity contribution in [2.45, 2.75) is 5.09 Å². The molecular weight excluding hydrogens is 326 g/mol. The van der Waals surface area contributed by atoms with E-state index in [2.05, 4.69) is 4.72 Å². The molecule has 0 unspecified atom stereocenters. The van der Waals surface area contributed by atoms with Crippen LogP contribution in [0.5, 0.6) is 5.75 Å². The number of anilines is 1. The van der Waals surface area contributed by atoms with Crippen molar-refractivity contribution < 1.29 is 17.6 Å². The number of sulfonamides is 1. The molecule has 0 fully saturated rings. The van der Waals surface area contributed by atoms with Crippen molar-refractivity contribution in [2.24, 2.45) is 0 Å². The van der Waals surface area contributed by atoms with Crippen molar-refractivity contribution in [1.82, 2.24) is 0 Å². The number of methoxy groups -OCH3 is 1. The lowest BCUT2D eigenvalue weighted by molar-refractivity contribution is 0.416. The van der Waals surface area contributed by atoms with E-state index in [1.54, 1.807) is 30.3 Å². The Balaban J connectivity index is 2.01. The minimum Gasteiger partial charge on any atom is -0.495 e. The van der Waals surface area contributed by atoms with Gasteiger partial charge in [0.05, 0.1) is 12.8 Å². The lowest BCUT2D eigenvalue weighted by Gasteiger charge is -2.10. The van der Waals surface area contributed by atoms with E-state index in [0.29, 0.717) is 21.7 Å². The lowest BCUT2D eigenvalue weighted by atomic mass is 10.3. The highest BCUT2D eigenvalue weighted by Crippen LogP contribution is 2.31. The Bertz CT molecular complexity index is 901. The van der Waals surface area contributed by atoms with Gasteiger partial charge in [0.1, 0.15) is 11.3 Å². The quantitative estimate of drug-likeness (QED) is 0.784. The van der Waals surface area contributed by atoms with Crippen LogP contribution in [-0.2, 0) is 10.0 Å². The number of furan rings is 1. The number of rotatable bonds is 4. The largest absolute Gasteiger partial charge is 0.495 e. The van der Waals surface area contributed by atoms with Gasteiger partial charge in [-0.1, -0.05) is 29.8 Å². The number of hydrogen-bond donors (Lipinski definition) is 1. The van der Waals surface area contributed by atoms with Crippen LogP contribution in [-0.4, -0.2) is 15.5 Å². The molecule has 0 spiro atoms. The molecule has 3 aromatic rings. The van der Waals surface area contributed by atoms with Gasteiger partial charge >= 0.3 is 0 Å². The molecule has 1 aromatic heterocycles. The minimum atomic E-state index is -3.88. The summed E-state index contributed by atoms with van der Waals surface area (Å²) in [5, 5.41) is 0.930. The van der Waals surface area contributed by atoms with Gasteiger partial charge in [-0.05, 0) is 24.3 Å². The SMILES string of the molecule is COc1ccc(Cl)cc1NS(=O)(=O)c1cc2ccccc2o1. The first-order valence-electron chi connectivity index (χ1n) is 6.34. The molecule has 0 amide bonds. The zero-order valence-corrected chi connectivity index (χ0v) is 13.1. The van der Waals surface area contributed by atoms with Gasteiger partial charge in [-0.25, -0.2) is 0 Å². The van der Waals surface area contributed by atoms with E-state index >= 15 is 0 Å². The van der Waals surface area contributed by atoms with E-state index in [-0.39, 0.29) is 10.8 Å². The number of benzene rings is 2. The van der Waals surface area contributed by atoms with Gasteiger partial charge in [-0.3, -0.25) is 4.72 Å². The minimum absolute atomic E-state index is 0.171. The molecule has 1 N–H and O–H groups in total. The molecular formula is C15H12ClNO4S. The molecule has 0 aliphatic rings. The number of fused-ring (bicyclic) bond motifs is 1. The molecule has 0 atom stereocenters. The van der Waals surface area contributed by atoms with Crippen LogP contribution in [0, 0.1) is 0 Å². The Kier molecular flexibility index (Phi) is 3.72. The summed E-state index contributed by atoms with van der Waals surface area (Å²) in [5.74, 6) is 0.365. The topological polar surface area (TPSA) is 68.5 Å². The van der Waals surface area contributed by atoms with E-state index < -0.39 is 10.0 Å². The first-order valence-corrected chi connectivity index (χ1v) is 8.21. The summed E-state index contributed by atoms with van der Waals surface area (Å²) in [4.78, 5) is 0. The zero-order valence-electron chi connectivity index (χ0n) is 11.5. The van der Waals surface area contributed by atoms with Crippen molar-refractivity contribution in [1.29, 1.82) is 0 Å². The first kappa shape index (κ1) is 14.7. The highest BCUT2D eigenvalue weighted by Gasteiger charge is 2.21. The van der Waals surface area contributed by atoms with Crippen molar-refractivity contribution in [3.63, 3.8) is 0 Å². The van der Waals surface area contributed by atoms with Crippen LogP contribution in [0.3, 0.4) is 0 Å². The second-order valence-corrected chi connectivity index (χ2v) is 6.60. The maximum atomic E-state index is 12.4. The summed E-state index contributed by atoms with van der Waals surface area (Å²) in [7, 11) is -2.43. The zero-order chi connectivity index (χ0) is 15.7. The fraction of sp³-hybridized carbons (Fsp3) is 0.0667. The molecule has 0 saturated heterocycles. The summed E-state index contributed by atoms with van der Waals surface area (Å²) >= 11 is 5.90. The van der Waals surface area contributed by atoms with Crippen molar-refractivity contribution in [3.8, 4) is 5.75 Å². The number of hydrogen-bond acceptors (Lipinski definition) is 4. The number of halogens is 1. The van der Waals surface area contributed by atoms with Crippen LogP contribution in [0.4, 0.5) is 5.69 Å². The molecule has 0 saturated carbocycles. The third-order valence-corrected chi connectivity index (χ3v) is 4.53. The highest BCUT2D eigenvalue weighted by molar-refractivity contribution is 7.92. The van der Waals surface area contributed by atoms with Crippen LogP contribution >= 0.6 is 11.6 Å². The third-order valence-electron chi connectivity index (χ3n) is 3.07. The maximum Gasteiger partial charge on any atom is 0.295 e. The predicted octanol–water partition coefficient (Wildman–Crippen LogP) is 3.90. The van der Waals surface area contributed by atoms with Crippen molar-refractivity contribution in [3.05, 3.63) is 53.6 Å². The van der Waals surface area contributed by atoms with Crippen LogP contribution in [0.25, 0.3) is 11.0 Å². The van der Waals surface area contributed by atoms with Gasteiger partial charge in [0.15, 0.2) is 0 Å². The van der Waals surface area contributed by atoms with Gasteiger partial charge < -0.3 is 9.15 Å². The summed E-state index contributed by atoms with van der Waals surface area (Å²) in [5.41, 5.74) is 0.747. The van der Waals surface area contributed by atoms with E-state index in [9.17, 15) is 8.42 Å². The average Bonchev–Trinajstić information content (AvgIpc) is 2.92. The highest BCUT2D eigenvalue weighted by atomic mass is 35.5. The smallest absolute Gasteiger partial charge is 0.295 e. The first-order chi connectivity index (χ1) is 10.5. The fourth-order valence-electron chi connectivity index (χ4n) is 2.04. The van der Waals surface area contributed by atoms with Gasteiger partial charge in [0.25, 0.3) is 10.0 Å². The molecule has 114 valence electrons. The molecule has 3 rings (SSSR count). The fourth-order valence-corrected chi connectivity index (χ4v) is 3.25. The van der Waals surface area contributed by atoms with Gasteiger partial charge in [-0.15, -0.1) is 0 Å². The second-order valence-electron chi connectivity index (χ2n) is 4.55. The van der Waals surface area contributed by atoms with E-state index in [0.717, 1.165) is 0 Å². The van der Waals surface area contributed by atoms with Gasteiger partial charge in [-0.2, -0.15) is 8.42 Å². The predicted molar refractivity (Wildman–Crippen MR) is 85.0 cm³/mol. The molecule has 7 heteroatoms. The van der Waals surface area contributed by atoms with Gasteiger partial charge in [0.2, 0.25) is 5.09 Å². The van der Waals surface area contributed by atoms with Gasteiger partial charge in [0, 0.05) is 16.5 Å². The van der Waals surface area contributed by atoms with E-state index in [4.69, 9.17) is 20.8 Å². The third kappa shape index (κ3) is 2.75. The van der Waals surface area contributed by atoms with Crippen LogP contribution in [0.1, 0.15) is 0 Å². The van der Waals surface area contributed by atoms with E-state index in [1.165, 1.54) is 19.2 Å². The molecule has 0 aliphatic carbocycles. The molecule has 5 nitrogen and oxygen atoms in total. The molecule has 0 radical (unpaired) electrons. The summed E-state index contributed by atoms with van der Waals surface area (Å²) < 4.78 is 37.8. The molecule has 0 bridgehead atoms. The summed E-state index contributed by atoms with van der Waals surface area (Å²) in [6.07, 6.45) is 0. The lowest BCUT2D eigenvalue weighted by Crippen LogP contribution is -2.12.